The largest absolute Gasteiger partial charge is 0.494 e. The Morgan fingerprint density at radius 1 is 1.38 bits per heavy atom. The number of rotatable bonds is 6. The van der Waals surface area contributed by atoms with Gasteiger partial charge in [-0.05, 0) is 32.0 Å². The smallest absolute Gasteiger partial charge is 0.411 e. The summed E-state index contributed by atoms with van der Waals surface area (Å²) in [5.74, 6) is 0.138. The first-order valence-electron chi connectivity index (χ1n) is 7.69. The van der Waals surface area contributed by atoms with Crippen LogP contribution in [0.15, 0.2) is 12.1 Å². The Kier molecular flexibility index (Phi) is 6.62. The second kappa shape index (κ2) is 8.70. The van der Waals surface area contributed by atoms with Crippen LogP contribution in [0.1, 0.15) is 19.3 Å². The molecule has 0 aromatic heterocycles. The molecule has 1 aliphatic heterocycles. The predicted octanol–water partition coefficient (Wildman–Crippen LogP) is 3.29. The Morgan fingerprint density at radius 2 is 2.08 bits per heavy atom. The second-order valence-corrected chi connectivity index (χ2v) is 5.83. The summed E-state index contributed by atoms with van der Waals surface area (Å²) in [4.78, 5) is 24.4. The van der Waals surface area contributed by atoms with E-state index in [9.17, 15) is 14.9 Å². The molecule has 0 saturated carbocycles. The highest BCUT2D eigenvalue weighted by Gasteiger charge is 2.19. The van der Waals surface area contributed by atoms with Crippen LogP contribution in [-0.4, -0.2) is 49.3 Å². The molecule has 9 heteroatoms. The molecule has 1 heterocycles. The van der Waals surface area contributed by atoms with Crippen molar-refractivity contribution in [1.82, 2.24) is 4.90 Å². The van der Waals surface area contributed by atoms with Gasteiger partial charge in [0.1, 0.15) is 17.4 Å². The maximum Gasteiger partial charge on any atom is 0.411 e. The number of nitrogens with zero attached hydrogens (tertiary/aromatic N) is 2. The Balaban J connectivity index is 1.90. The third-order valence-corrected chi connectivity index (χ3v) is 4.09. The quantitative estimate of drug-likeness (QED) is 0.620. The lowest BCUT2D eigenvalue weighted by Crippen LogP contribution is -2.33. The predicted molar refractivity (Wildman–Crippen MR) is 89.9 cm³/mol. The summed E-state index contributed by atoms with van der Waals surface area (Å²) in [5.41, 5.74) is -0.0754. The van der Waals surface area contributed by atoms with Crippen LogP contribution >= 0.6 is 11.6 Å². The van der Waals surface area contributed by atoms with Gasteiger partial charge in [0.2, 0.25) is 0 Å². The van der Waals surface area contributed by atoms with Crippen molar-refractivity contribution in [2.45, 2.75) is 19.3 Å². The number of benzene rings is 1. The topological polar surface area (TPSA) is 93.9 Å². The van der Waals surface area contributed by atoms with E-state index < -0.39 is 11.0 Å². The highest BCUT2D eigenvalue weighted by atomic mass is 35.5. The maximum absolute atomic E-state index is 11.9. The standard InChI is InChI=1S/C15H20ClN3O5/c1-23-14-10-13(19(21)22)11(16)9-12(14)17-15(20)24-8-7-18-5-3-2-4-6-18/h9-10H,2-8H2,1H3,(H,17,20). The SMILES string of the molecule is COc1cc([N+](=O)[O-])c(Cl)cc1NC(=O)OCCN1CCCCC1. The van der Waals surface area contributed by atoms with Gasteiger partial charge in [-0.15, -0.1) is 0 Å². The van der Waals surface area contributed by atoms with E-state index in [0.717, 1.165) is 19.2 Å². The number of nitrogens with one attached hydrogen (secondary N) is 1. The van der Waals surface area contributed by atoms with Crippen LogP contribution in [0.2, 0.25) is 5.02 Å². The molecule has 1 fully saturated rings. The third kappa shape index (κ3) is 4.97. The molecule has 132 valence electrons. The van der Waals surface area contributed by atoms with Gasteiger partial charge < -0.3 is 9.47 Å². The summed E-state index contributed by atoms with van der Waals surface area (Å²) in [6, 6.07) is 2.43. The summed E-state index contributed by atoms with van der Waals surface area (Å²) in [6.07, 6.45) is 2.93. The molecule has 0 unspecified atom stereocenters. The number of piperidine rings is 1. The van der Waals surface area contributed by atoms with Gasteiger partial charge in [-0.3, -0.25) is 20.3 Å². The number of likely N-dealkylation sites (tertiary alicyclic amines) is 1. The zero-order valence-electron chi connectivity index (χ0n) is 13.4. The molecule has 0 radical (unpaired) electrons. The molecule has 2 rings (SSSR count). The number of carbonyl (C=O) groups is 1. The van der Waals surface area contributed by atoms with E-state index >= 15 is 0 Å². The van der Waals surface area contributed by atoms with Crippen molar-refractivity contribution in [2.24, 2.45) is 0 Å². The minimum atomic E-state index is -0.657. The molecule has 8 nitrogen and oxygen atoms in total. The van der Waals surface area contributed by atoms with E-state index in [0.29, 0.717) is 6.54 Å². The lowest BCUT2D eigenvalue weighted by Gasteiger charge is -2.25. The molecule has 1 N–H and O–H groups in total. The molecular weight excluding hydrogens is 338 g/mol. The molecule has 0 spiro atoms. The van der Waals surface area contributed by atoms with Crippen molar-refractivity contribution in [3.63, 3.8) is 0 Å². The lowest BCUT2D eigenvalue weighted by molar-refractivity contribution is -0.384. The van der Waals surface area contributed by atoms with Crippen LogP contribution in [0.5, 0.6) is 5.75 Å². The second-order valence-electron chi connectivity index (χ2n) is 5.42. The zero-order chi connectivity index (χ0) is 17.5. The normalized spacial score (nSPS) is 14.9. The Hall–Kier alpha value is -2.06. The first-order chi connectivity index (χ1) is 11.5. The third-order valence-electron chi connectivity index (χ3n) is 3.79. The Morgan fingerprint density at radius 3 is 2.71 bits per heavy atom. The molecule has 1 saturated heterocycles. The molecule has 0 atom stereocenters. The van der Waals surface area contributed by atoms with Crippen molar-refractivity contribution in [3.8, 4) is 5.75 Å². The van der Waals surface area contributed by atoms with E-state index in [1.54, 1.807) is 0 Å². The van der Waals surface area contributed by atoms with Crippen LogP contribution in [0.3, 0.4) is 0 Å². The highest BCUT2D eigenvalue weighted by Crippen LogP contribution is 2.35. The Bertz CT molecular complexity index is 605. The van der Waals surface area contributed by atoms with E-state index in [2.05, 4.69) is 10.2 Å². The van der Waals surface area contributed by atoms with Crippen molar-refractivity contribution in [3.05, 3.63) is 27.3 Å². The molecule has 0 aliphatic carbocycles. The monoisotopic (exact) mass is 357 g/mol. The van der Waals surface area contributed by atoms with Gasteiger partial charge in [0.15, 0.2) is 0 Å². The number of amides is 1. The first-order valence-corrected chi connectivity index (χ1v) is 8.07. The number of hydrogen-bond acceptors (Lipinski definition) is 6. The zero-order valence-corrected chi connectivity index (χ0v) is 14.2. The minimum absolute atomic E-state index is 0.0931. The molecule has 1 amide bonds. The number of methoxy groups -OCH3 is 1. The fourth-order valence-electron chi connectivity index (χ4n) is 2.55. The highest BCUT2D eigenvalue weighted by molar-refractivity contribution is 6.33. The van der Waals surface area contributed by atoms with Gasteiger partial charge in [0.25, 0.3) is 5.69 Å². The average molecular weight is 358 g/mol. The number of halogens is 1. The summed E-state index contributed by atoms with van der Waals surface area (Å²) in [7, 11) is 1.35. The van der Waals surface area contributed by atoms with Gasteiger partial charge in [0.05, 0.1) is 23.8 Å². The van der Waals surface area contributed by atoms with Crippen LogP contribution in [0.4, 0.5) is 16.2 Å². The molecule has 1 aliphatic rings. The van der Waals surface area contributed by atoms with Gasteiger partial charge in [0, 0.05) is 6.54 Å². The van der Waals surface area contributed by atoms with E-state index in [4.69, 9.17) is 21.1 Å². The van der Waals surface area contributed by atoms with Gasteiger partial charge in [-0.2, -0.15) is 0 Å². The minimum Gasteiger partial charge on any atom is -0.494 e. The van der Waals surface area contributed by atoms with Crippen LogP contribution in [-0.2, 0) is 4.74 Å². The van der Waals surface area contributed by atoms with Gasteiger partial charge in [-0.25, -0.2) is 4.79 Å². The number of nitro benzene ring substituents is 1. The lowest BCUT2D eigenvalue weighted by atomic mass is 10.1. The molecule has 24 heavy (non-hydrogen) atoms. The van der Waals surface area contributed by atoms with E-state index in [1.165, 1.54) is 32.4 Å². The van der Waals surface area contributed by atoms with E-state index in [1.807, 2.05) is 0 Å². The molecular formula is C15H20ClN3O5. The van der Waals surface area contributed by atoms with Crippen molar-refractivity contribution >= 4 is 29.1 Å². The average Bonchev–Trinajstić information content (AvgIpc) is 2.55. The van der Waals surface area contributed by atoms with Crippen molar-refractivity contribution in [2.75, 3.05) is 38.7 Å². The fraction of sp³-hybridized carbons (Fsp3) is 0.533. The van der Waals surface area contributed by atoms with Crippen LogP contribution in [0.25, 0.3) is 0 Å². The number of carbonyl (C=O) groups excluding carboxylic acids is 1. The van der Waals surface area contributed by atoms with Gasteiger partial charge >= 0.3 is 6.09 Å². The van der Waals surface area contributed by atoms with Crippen LogP contribution < -0.4 is 10.1 Å². The molecule has 1 aromatic rings. The summed E-state index contributed by atoms with van der Waals surface area (Å²) >= 11 is 5.85. The van der Waals surface area contributed by atoms with Crippen LogP contribution in [0, 0.1) is 10.1 Å². The van der Waals surface area contributed by atoms with Crippen molar-refractivity contribution < 1.29 is 19.2 Å². The number of ether oxygens (including phenoxy) is 2. The van der Waals surface area contributed by atoms with Gasteiger partial charge in [-0.1, -0.05) is 18.0 Å². The summed E-state index contributed by atoms with van der Waals surface area (Å²) in [6.45, 7) is 3.01. The summed E-state index contributed by atoms with van der Waals surface area (Å²) < 4.78 is 10.2. The molecule has 1 aromatic carbocycles. The number of anilines is 1. The molecule has 0 bridgehead atoms. The Labute approximate surface area is 144 Å². The fourth-order valence-corrected chi connectivity index (χ4v) is 2.78. The summed E-state index contributed by atoms with van der Waals surface area (Å²) in [5, 5.41) is 13.3. The van der Waals surface area contributed by atoms with Crippen molar-refractivity contribution in [1.29, 1.82) is 0 Å². The number of nitro groups is 1. The van der Waals surface area contributed by atoms with E-state index in [-0.39, 0.29) is 28.8 Å². The first kappa shape index (κ1) is 18.3. The maximum atomic E-state index is 11.9. The number of hydrogen-bond donors (Lipinski definition) is 1.